The van der Waals surface area contributed by atoms with Gasteiger partial charge in [-0.2, -0.15) is 0 Å². The molecular weight excluding hydrogens is 371 g/mol. The molecule has 0 radical (unpaired) electrons. The average Bonchev–Trinajstić information content (AvgIpc) is 2.64. The Morgan fingerprint density at radius 1 is 1.12 bits per heavy atom. The van der Waals surface area contributed by atoms with Crippen LogP contribution >= 0.6 is 23.2 Å². The molecule has 0 aliphatic carbocycles. The van der Waals surface area contributed by atoms with E-state index in [-0.39, 0.29) is 17.5 Å². The van der Waals surface area contributed by atoms with Crippen molar-refractivity contribution < 1.29 is 4.79 Å². The summed E-state index contributed by atoms with van der Waals surface area (Å²) in [4.78, 5) is 20.7. The maximum absolute atomic E-state index is 12.4. The first-order valence-corrected chi connectivity index (χ1v) is 8.66. The molecule has 1 amide bonds. The van der Waals surface area contributed by atoms with E-state index >= 15 is 0 Å². The van der Waals surface area contributed by atoms with Crippen molar-refractivity contribution in [1.29, 1.82) is 0 Å². The van der Waals surface area contributed by atoms with Gasteiger partial charge in [0.1, 0.15) is 5.69 Å². The molecule has 2 aromatic carbocycles. The molecule has 1 heterocycles. The summed E-state index contributed by atoms with van der Waals surface area (Å²) in [5.41, 5.74) is 3.00. The second-order valence-corrected chi connectivity index (χ2v) is 6.47. The summed E-state index contributed by atoms with van der Waals surface area (Å²) >= 11 is 12.1. The Balaban J connectivity index is 1.71. The van der Waals surface area contributed by atoms with Crippen LogP contribution in [0.25, 0.3) is 0 Å². The number of amides is 1. The number of hydrogen-bond donors (Lipinski definition) is 2. The summed E-state index contributed by atoms with van der Waals surface area (Å²) in [6.07, 6.45) is 1.51. The predicted molar refractivity (Wildman–Crippen MR) is 104 cm³/mol. The molecule has 3 rings (SSSR count). The summed E-state index contributed by atoms with van der Waals surface area (Å²) < 4.78 is 0. The zero-order chi connectivity index (χ0) is 18.5. The molecule has 1 aromatic heterocycles. The number of anilines is 2. The number of nitrogens with one attached hydrogen (secondary N) is 2. The number of halogens is 2. The number of aryl methyl sites for hydroxylation is 1. The van der Waals surface area contributed by atoms with Crippen molar-refractivity contribution in [3.63, 3.8) is 0 Å². The molecule has 0 aliphatic rings. The highest BCUT2D eigenvalue weighted by Crippen LogP contribution is 2.27. The Bertz CT molecular complexity index is 946. The normalized spacial score (nSPS) is 10.4. The van der Waals surface area contributed by atoms with Crippen molar-refractivity contribution in [3.8, 4) is 0 Å². The van der Waals surface area contributed by atoms with Gasteiger partial charge in [-0.3, -0.25) is 4.79 Å². The van der Waals surface area contributed by atoms with Crippen LogP contribution < -0.4 is 10.6 Å². The molecule has 0 bridgehead atoms. The quantitative estimate of drug-likeness (QED) is 0.662. The lowest BCUT2D eigenvalue weighted by atomic mass is 10.1. The Morgan fingerprint density at radius 2 is 1.92 bits per heavy atom. The zero-order valence-electron chi connectivity index (χ0n) is 14.0. The Kier molecular flexibility index (Phi) is 5.71. The molecule has 0 saturated heterocycles. The first kappa shape index (κ1) is 18.2. The molecule has 0 spiro atoms. The minimum absolute atomic E-state index is 0.259. The first-order valence-electron chi connectivity index (χ1n) is 7.91. The summed E-state index contributed by atoms with van der Waals surface area (Å²) in [7, 11) is 0. The van der Waals surface area contributed by atoms with E-state index in [1.807, 2.05) is 31.2 Å². The van der Waals surface area contributed by atoms with Crippen LogP contribution in [0.5, 0.6) is 0 Å². The molecule has 2 N–H and O–H groups in total. The van der Waals surface area contributed by atoms with Gasteiger partial charge in [0.2, 0.25) is 5.95 Å². The number of hydrogen-bond acceptors (Lipinski definition) is 4. The lowest BCUT2D eigenvalue weighted by molar-refractivity contribution is 0.0946. The third-order valence-electron chi connectivity index (χ3n) is 3.76. The van der Waals surface area contributed by atoms with Gasteiger partial charge >= 0.3 is 0 Å². The minimum Gasteiger partial charge on any atom is -0.347 e. The number of carbonyl (C=O) groups is 1. The van der Waals surface area contributed by atoms with Gasteiger partial charge in [0.25, 0.3) is 5.91 Å². The van der Waals surface area contributed by atoms with Crippen molar-refractivity contribution in [2.24, 2.45) is 0 Å². The fourth-order valence-corrected chi connectivity index (χ4v) is 2.67. The molecule has 0 fully saturated rings. The molecular formula is C19H16Cl2N4O. The lowest BCUT2D eigenvalue weighted by Gasteiger charge is -2.10. The molecule has 3 aromatic rings. The highest BCUT2D eigenvalue weighted by molar-refractivity contribution is 6.35. The highest BCUT2D eigenvalue weighted by Gasteiger charge is 2.10. The van der Waals surface area contributed by atoms with Crippen LogP contribution in [0, 0.1) is 6.92 Å². The fraction of sp³-hybridized carbons (Fsp3) is 0.105. The second kappa shape index (κ2) is 8.17. The molecule has 7 heteroatoms. The van der Waals surface area contributed by atoms with Gasteiger partial charge in [-0.15, -0.1) is 0 Å². The van der Waals surface area contributed by atoms with Crippen molar-refractivity contribution in [2.75, 3.05) is 5.32 Å². The Labute approximate surface area is 161 Å². The Hall–Kier alpha value is -2.63. The van der Waals surface area contributed by atoms with E-state index in [4.69, 9.17) is 23.2 Å². The largest absolute Gasteiger partial charge is 0.347 e. The van der Waals surface area contributed by atoms with Crippen LogP contribution in [0.15, 0.2) is 54.7 Å². The maximum atomic E-state index is 12.4. The standard InChI is InChI=1S/C19H16Cl2N4O/c1-12-4-2-3-5-13(12)11-23-18(26)16-8-9-22-19(24-16)25-17-10-14(20)6-7-15(17)21/h2-10H,11H2,1H3,(H,23,26)(H,22,24,25). The minimum atomic E-state index is -0.282. The second-order valence-electron chi connectivity index (χ2n) is 5.62. The van der Waals surface area contributed by atoms with Gasteiger partial charge in [0, 0.05) is 17.8 Å². The van der Waals surface area contributed by atoms with Crippen molar-refractivity contribution in [1.82, 2.24) is 15.3 Å². The lowest BCUT2D eigenvalue weighted by Crippen LogP contribution is -2.24. The van der Waals surface area contributed by atoms with E-state index in [2.05, 4.69) is 20.6 Å². The van der Waals surface area contributed by atoms with Crippen LogP contribution in [0.3, 0.4) is 0 Å². The van der Waals surface area contributed by atoms with Gasteiger partial charge in [-0.05, 0) is 42.3 Å². The van der Waals surface area contributed by atoms with Crippen LogP contribution in [-0.4, -0.2) is 15.9 Å². The molecule has 5 nitrogen and oxygen atoms in total. The molecule has 0 unspecified atom stereocenters. The third-order valence-corrected chi connectivity index (χ3v) is 4.33. The summed E-state index contributed by atoms with van der Waals surface area (Å²) in [6, 6.07) is 14.5. The van der Waals surface area contributed by atoms with Crippen LogP contribution in [-0.2, 0) is 6.54 Å². The van der Waals surface area contributed by atoms with E-state index in [0.717, 1.165) is 11.1 Å². The number of aromatic nitrogens is 2. The maximum Gasteiger partial charge on any atom is 0.270 e. The van der Waals surface area contributed by atoms with E-state index < -0.39 is 0 Å². The van der Waals surface area contributed by atoms with E-state index in [9.17, 15) is 4.79 Å². The van der Waals surface area contributed by atoms with Gasteiger partial charge in [-0.25, -0.2) is 9.97 Å². The van der Waals surface area contributed by atoms with Crippen LogP contribution in [0.2, 0.25) is 10.0 Å². The van der Waals surface area contributed by atoms with Gasteiger partial charge in [0.15, 0.2) is 0 Å². The molecule has 0 saturated carbocycles. The zero-order valence-corrected chi connectivity index (χ0v) is 15.5. The van der Waals surface area contributed by atoms with Crippen molar-refractivity contribution in [3.05, 3.63) is 81.6 Å². The third kappa shape index (κ3) is 4.50. The summed E-state index contributed by atoms with van der Waals surface area (Å²) in [6.45, 7) is 2.43. The van der Waals surface area contributed by atoms with E-state index in [0.29, 0.717) is 22.3 Å². The highest BCUT2D eigenvalue weighted by atomic mass is 35.5. The monoisotopic (exact) mass is 386 g/mol. The van der Waals surface area contributed by atoms with E-state index in [1.165, 1.54) is 6.20 Å². The number of nitrogens with zero attached hydrogens (tertiary/aromatic N) is 2. The number of carbonyl (C=O) groups excluding carboxylic acids is 1. The SMILES string of the molecule is Cc1ccccc1CNC(=O)c1ccnc(Nc2cc(Cl)ccc2Cl)n1. The van der Waals surface area contributed by atoms with Crippen molar-refractivity contribution >= 4 is 40.7 Å². The van der Waals surface area contributed by atoms with E-state index in [1.54, 1.807) is 24.3 Å². The van der Waals surface area contributed by atoms with Gasteiger partial charge in [-0.1, -0.05) is 47.5 Å². The summed E-state index contributed by atoms with van der Waals surface area (Å²) in [5, 5.41) is 6.85. The molecule has 0 atom stereocenters. The predicted octanol–water partition coefficient (Wildman–Crippen LogP) is 4.77. The topological polar surface area (TPSA) is 66.9 Å². The van der Waals surface area contributed by atoms with Crippen LogP contribution in [0.1, 0.15) is 21.6 Å². The molecule has 26 heavy (non-hydrogen) atoms. The van der Waals surface area contributed by atoms with Gasteiger partial charge in [0.05, 0.1) is 10.7 Å². The number of rotatable bonds is 5. The first-order chi connectivity index (χ1) is 12.5. The molecule has 132 valence electrons. The summed E-state index contributed by atoms with van der Waals surface area (Å²) in [5.74, 6) is -0.0198. The molecule has 0 aliphatic heterocycles. The van der Waals surface area contributed by atoms with Crippen molar-refractivity contribution in [2.45, 2.75) is 13.5 Å². The smallest absolute Gasteiger partial charge is 0.270 e. The number of benzene rings is 2. The average molecular weight is 387 g/mol. The van der Waals surface area contributed by atoms with Crippen LogP contribution in [0.4, 0.5) is 11.6 Å². The Morgan fingerprint density at radius 3 is 2.73 bits per heavy atom. The van der Waals surface area contributed by atoms with Gasteiger partial charge < -0.3 is 10.6 Å². The fourth-order valence-electron chi connectivity index (χ4n) is 2.33.